The molecule has 0 bridgehead atoms. The van der Waals surface area contributed by atoms with Crippen molar-refractivity contribution >= 4 is 5.69 Å². The highest BCUT2D eigenvalue weighted by Gasteiger charge is 2.37. The molecule has 3 nitrogen and oxygen atoms in total. The van der Waals surface area contributed by atoms with Gasteiger partial charge in [0.25, 0.3) is 0 Å². The Kier molecular flexibility index (Phi) is 3.38. The van der Waals surface area contributed by atoms with Crippen molar-refractivity contribution in [3.05, 3.63) is 66.0 Å². The second-order valence-electron chi connectivity index (χ2n) is 5.16. The van der Waals surface area contributed by atoms with Crippen molar-refractivity contribution in [2.24, 2.45) is 5.11 Å². The van der Waals surface area contributed by atoms with E-state index in [4.69, 9.17) is 5.53 Å². The van der Waals surface area contributed by atoms with Gasteiger partial charge in [-0.3, -0.25) is 0 Å². The van der Waals surface area contributed by atoms with E-state index in [2.05, 4.69) is 61.8 Å². The number of likely N-dealkylation sites (N-methyl/N-ethyl adjacent to an activating group) is 1. The number of benzene rings is 1. The number of rotatable bonds is 3. The molecule has 1 aliphatic heterocycles. The third-order valence-corrected chi connectivity index (χ3v) is 3.69. The predicted molar refractivity (Wildman–Crippen MR) is 79.4 cm³/mol. The molecule has 0 aromatic heterocycles. The Balaban J connectivity index is 2.51. The van der Waals surface area contributed by atoms with Gasteiger partial charge in [-0.25, -0.2) is 5.53 Å². The first-order valence-electron chi connectivity index (χ1n) is 6.28. The average molecular weight is 253 g/mol. The second-order valence-corrected chi connectivity index (χ2v) is 5.16. The molecule has 0 amide bonds. The van der Waals surface area contributed by atoms with Gasteiger partial charge in [0.15, 0.2) is 0 Å². The highest BCUT2D eigenvalue weighted by molar-refractivity contribution is 5.70. The van der Waals surface area contributed by atoms with Crippen LogP contribution in [0.25, 0.3) is 0 Å². The molecule has 1 aliphatic rings. The summed E-state index contributed by atoms with van der Waals surface area (Å²) in [5, 5.41) is 3.42. The van der Waals surface area contributed by atoms with Crippen molar-refractivity contribution in [3.63, 3.8) is 0 Å². The minimum Gasteiger partial charge on any atom is -0.347 e. The third kappa shape index (κ3) is 2.12. The van der Waals surface area contributed by atoms with Gasteiger partial charge in [0.2, 0.25) is 0 Å². The van der Waals surface area contributed by atoms with Crippen molar-refractivity contribution < 1.29 is 0 Å². The maximum absolute atomic E-state index is 7.05. The van der Waals surface area contributed by atoms with Gasteiger partial charge in [-0.1, -0.05) is 38.6 Å². The number of allylic oxidation sites excluding steroid dienone is 4. The van der Waals surface area contributed by atoms with Gasteiger partial charge in [0.05, 0.1) is 5.70 Å². The molecule has 1 aromatic rings. The largest absolute Gasteiger partial charge is 0.347 e. The van der Waals surface area contributed by atoms with Crippen LogP contribution in [0.2, 0.25) is 0 Å². The molecule has 0 fully saturated rings. The average Bonchev–Trinajstić information content (AvgIpc) is 2.61. The van der Waals surface area contributed by atoms with E-state index in [0.717, 1.165) is 0 Å². The molecule has 2 rings (SSSR count). The summed E-state index contributed by atoms with van der Waals surface area (Å²) in [6, 6.07) is 8.42. The summed E-state index contributed by atoms with van der Waals surface area (Å²) in [5.41, 5.74) is 11.3. The molecule has 1 aromatic carbocycles. The zero-order valence-electron chi connectivity index (χ0n) is 11.6. The van der Waals surface area contributed by atoms with Crippen LogP contribution in [0.1, 0.15) is 19.4 Å². The minimum absolute atomic E-state index is 0.0455. The van der Waals surface area contributed by atoms with Crippen LogP contribution in [0, 0.1) is 5.53 Å². The molecule has 0 radical (unpaired) electrons. The van der Waals surface area contributed by atoms with Gasteiger partial charge in [-0.15, -0.1) is 0 Å². The SMILES string of the molecule is C=C/C(=C/C=C1/N(C)c2ccccc2C1(C)C)N=N. The molecule has 0 atom stereocenters. The summed E-state index contributed by atoms with van der Waals surface area (Å²) in [6.45, 7) is 8.06. The fourth-order valence-corrected chi connectivity index (χ4v) is 2.62. The standard InChI is InChI=1S/C16H19N3/c1-5-12(18-17)10-11-15-16(2,3)13-8-6-7-9-14(13)19(15)4/h5-11,17H,1H2,2-4H3/b12-10-,15-11+,18-17?. The van der Waals surface area contributed by atoms with Crippen molar-refractivity contribution in [2.75, 3.05) is 11.9 Å². The van der Waals surface area contributed by atoms with E-state index in [9.17, 15) is 0 Å². The lowest BCUT2D eigenvalue weighted by Crippen LogP contribution is -2.22. The maximum atomic E-state index is 7.05. The topological polar surface area (TPSA) is 39.5 Å². The zero-order chi connectivity index (χ0) is 14.0. The lowest BCUT2D eigenvalue weighted by Gasteiger charge is -2.23. The van der Waals surface area contributed by atoms with E-state index >= 15 is 0 Å². The van der Waals surface area contributed by atoms with Crippen LogP contribution in [0.5, 0.6) is 0 Å². The Morgan fingerprint density at radius 1 is 1.37 bits per heavy atom. The van der Waals surface area contributed by atoms with Crippen LogP contribution in [0.4, 0.5) is 5.69 Å². The molecule has 0 saturated carbocycles. The number of hydrogen-bond acceptors (Lipinski definition) is 3. The zero-order valence-corrected chi connectivity index (χ0v) is 11.6. The number of nitrogens with zero attached hydrogens (tertiary/aromatic N) is 2. The Bertz CT molecular complexity index is 569. The van der Waals surface area contributed by atoms with Gasteiger partial charge >= 0.3 is 0 Å². The molecule has 3 heteroatoms. The van der Waals surface area contributed by atoms with E-state index in [1.54, 1.807) is 6.08 Å². The minimum atomic E-state index is -0.0455. The molecule has 19 heavy (non-hydrogen) atoms. The van der Waals surface area contributed by atoms with Crippen molar-refractivity contribution in [1.82, 2.24) is 0 Å². The van der Waals surface area contributed by atoms with E-state index in [0.29, 0.717) is 5.70 Å². The highest BCUT2D eigenvalue weighted by Crippen LogP contribution is 2.46. The van der Waals surface area contributed by atoms with Gasteiger partial charge in [-0.2, -0.15) is 5.11 Å². The van der Waals surface area contributed by atoms with Crippen molar-refractivity contribution in [2.45, 2.75) is 19.3 Å². The summed E-state index contributed by atoms with van der Waals surface area (Å²) in [7, 11) is 2.07. The monoisotopic (exact) mass is 253 g/mol. The molecular formula is C16H19N3. The number of para-hydroxylation sites is 1. The molecule has 98 valence electrons. The van der Waals surface area contributed by atoms with Crippen LogP contribution < -0.4 is 4.90 Å². The van der Waals surface area contributed by atoms with Gasteiger partial charge in [-0.05, 0) is 29.9 Å². The normalized spacial score (nSPS) is 19.4. The van der Waals surface area contributed by atoms with Crippen molar-refractivity contribution in [3.8, 4) is 0 Å². The number of hydrogen-bond donors (Lipinski definition) is 1. The number of nitrogens with one attached hydrogen (secondary N) is 1. The van der Waals surface area contributed by atoms with Crippen molar-refractivity contribution in [1.29, 1.82) is 5.53 Å². The molecule has 0 spiro atoms. The summed E-state index contributed by atoms with van der Waals surface area (Å²) < 4.78 is 0. The van der Waals surface area contributed by atoms with E-state index in [-0.39, 0.29) is 5.41 Å². The van der Waals surface area contributed by atoms with Crippen LogP contribution in [0.3, 0.4) is 0 Å². The Morgan fingerprint density at radius 3 is 2.63 bits per heavy atom. The van der Waals surface area contributed by atoms with Gasteiger partial charge in [0, 0.05) is 23.8 Å². The summed E-state index contributed by atoms with van der Waals surface area (Å²) in [6.07, 6.45) is 5.44. The Hall–Kier alpha value is -2.16. The first kappa shape index (κ1) is 13.3. The molecule has 0 aliphatic carbocycles. The first-order chi connectivity index (χ1) is 9.02. The smallest absolute Gasteiger partial charge is 0.0844 e. The van der Waals surface area contributed by atoms with Crippen LogP contribution >= 0.6 is 0 Å². The lowest BCUT2D eigenvalue weighted by molar-refractivity contribution is 0.640. The van der Waals surface area contributed by atoms with Gasteiger partial charge < -0.3 is 4.90 Å². The Morgan fingerprint density at radius 2 is 2.05 bits per heavy atom. The third-order valence-electron chi connectivity index (χ3n) is 3.69. The predicted octanol–water partition coefficient (Wildman–Crippen LogP) is 4.40. The van der Waals surface area contributed by atoms with E-state index < -0.39 is 0 Å². The second kappa shape index (κ2) is 4.84. The van der Waals surface area contributed by atoms with Crippen LogP contribution in [-0.4, -0.2) is 7.05 Å². The number of fused-ring (bicyclic) bond motifs is 1. The summed E-state index contributed by atoms with van der Waals surface area (Å²) in [4.78, 5) is 2.19. The lowest BCUT2D eigenvalue weighted by atomic mass is 9.84. The van der Waals surface area contributed by atoms with E-state index in [1.165, 1.54) is 16.9 Å². The molecule has 1 N–H and O–H groups in total. The molecule has 0 saturated heterocycles. The van der Waals surface area contributed by atoms with Gasteiger partial charge in [0.1, 0.15) is 0 Å². The summed E-state index contributed by atoms with van der Waals surface area (Å²) >= 11 is 0. The molecular weight excluding hydrogens is 234 g/mol. The molecule has 0 unspecified atom stereocenters. The summed E-state index contributed by atoms with van der Waals surface area (Å²) in [5.74, 6) is 0. The molecule has 1 heterocycles. The first-order valence-corrected chi connectivity index (χ1v) is 6.28. The highest BCUT2D eigenvalue weighted by atomic mass is 15.2. The Labute approximate surface area is 114 Å². The quantitative estimate of drug-likeness (QED) is 0.629. The number of anilines is 1. The van der Waals surface area contributed by atoms with Crippen LogP contribution in [0.15, 0.2) is 65.6 Å². The fourth-order valence-electron chi connectivity index (χ4n) is 2.62. The fraction of sp³-hybridized carbons (Fsp3) is 0.250. The van der Waals surface area contributed by atoms with E-state index in [1.807, 2.05) is 12.2 Å². The maximum Gasteiger partial charge on any atom is 0.0844 e. The van der Waals surface area contributed by atoms with Crippen LogP contribution in [-0.2, 0) is 5.41 Å².